The van der Waals surface area contributed by atoms with Crippen LogP contribution in [-0.2, 0) is 16.0 Å². The van der Waals surface area contributed by atoms with Crippen molar-refractivity contribution < 1.29 is 14.7 Å². The Morgan fingerprint density at radius 3 is 2.44 bits per heavy atom. The monoisotopic (exact) mass is 340 g/mol. The Morgan fingerprint density at radius 1 is 1.04 bits per heavy atom. The Bertz CT molecular complexity index is 727. The summed E-state index contributed by atoms with van der Waals surface area (Å²) in [5.41, 5.74) is 1.58. The van der Waals surface area contributed by atoms with E-state index < -0.39 is 17.4 Å². The van der Waals surface area contributed by atoms with Gasteiger partial charge in [0.25, 0.3) is 0 Å². The fourth-order valence-corrected chi connectivity index (χ4v) is 2.41. The fourth-order valence-electron chi connectivity index (χ4n) is 2.41. The molecule has 0 aliphatic carbocycles. The number of benzene rings is 2. The van der Waals surface area contributed by atoms with Crippen LogP contribution in [-0.4, -0.2) is 29.1 Å². The maximum absolute atomic E-state index is 11.9. The van der Waals surface area contributed by atoms with Gasteiger partial charge < -0.3 is 15.7 Å². The van der Waals surface area contributed by atoms with Gasteiger partial charge in [-0.05, 0) is 49.9 Å². The van der Waals surface area contributed by atoms with E-state index in [2.05, 4.69) is 10.6 Å². The summed E-state index contributed by atoms with van der Waals surface area (Å²) < 4.78 is 0. The van der Waals surface area contributed by atoms with E-state index in [-0.39, 0.29) is 6.54 Å². The number of hydrogen-bond acceptors (Lipinski definition) is 3. The Hall–Kier alpha value is -2.66. The first-order valence-electron chi connectivity index (χ1n) is 8.28. The van der Waals surface area contributed by atoms with Gasteiger partial charge in [0.1, 0.15) is 0 Å². The van der Waals surface area contributed by atoms with Gasteiger partial charge in [0, 0.05) is 12.2 Å². The van der Waals surface area contributed by atoms with Crippen molar-refractivity contribution >= 4 is 17.5 Å². The van der Waals surface area contributed by atoms with Crippen LogP contribution < -0.4 is 10.6 Å². The number of amides is 2. The van der Waals surface area contributed by atoms with Crippen molar-refractivity contribution in [3.63, 3.8) is 0 Å². The van der Waals surface area contributed by atoms with Gasteiger partial charge in [-0.25, -0.2) is 0 Å². The molecule has 0 fully saturated rings. The topological polar surface area (TPSA) is 78.4 Å². The van der Waals surface area contributed by atoms with Gasteiger partial charge in [-0.2, -0.15) is 0 Å². The van der Waals surface area contributed by atoms with E-state index in [0.29, 0.717) is 18.5 Å². The van der Waals surface area contributed by atoms with Crippen LogP contribution in [0.1, 0.15) is 24.5 Å². The average Bonchev–Trinajstić information content (AvgIpc) is 2.59. The van der Waals surface area contributed by atoms with Crippen LogP contribution in [0.3, 0.4) is 0 Å². The molecule has 0 radical (unpaired) electrons. The molecule has 1 unspecified atom stereocenters. The Labute approximate surface area is 148 Å². The largest absolute Gasteiger partial charge is 0.388 e. The second-order valence-electron chi connectivity index (χ2n) is 6.49. The third-order valence-electron chi connectivity index (χ3n) is 3.91. The molecule has 0 aliphatic heterocycles. The molecule has 0 saturated heterocycles. The van der Waals surface area contributed by atoms with Crippen LogP contribution in [0, 0.1) is 6.92 Å². The highest BCUT2D eigenvalue weighted by Crippen LogP contribution is 2.13. The van der Waals surface area contributed by atoms with Gasteiger partial charge in [-0.3, -0.25) is 9.59 Å². The molecule has 2 aromatic carbocycles. The normalized spacial score (nSPS) is 12.9. The van der Waals surface area contributed by atoms with E-state index in [1.54, 1.807) is 25.1 Å². The minimum Gasteiger partial charge on any atom is -0.388 e. The van der Waals surface area contributed by atoms with Crippen molar-refractivity contribution in [3.8, 4) is 0 Å². The zero-order valence-electron chi connectivity index (χ0n) is 14.6. The highest BCUT2D eigenvalue weighted by Gasteiger charge is 2.23. The predicted octanol–water partition coefficient (Wildman–Crippen LogP) is 2.43. The second-order valence-corrected chi connectivity index (χ2v) is 6.49. The summed E-state index contributed by atoms with van der Waals surface area (Å²) in [6, 6.07) is 17.0. The zero-order chi connectivity index (χ0) is 18.3. The Kier molecular flexibility index (Phi) is 6.31. The first-order chi connectivity index (χ1) is 11.9. The van der Waals surface area contributed by atoms with E-state index >= 15 is 0 Å². The molecule has 132 valence electrons. The SMILES string of the molecule is Cc1cccc(NC(=O)C(=O)NCC(C)(O)CCc2ccccc2)c1. The quantitative estimate of drug-likeness (QED) is 0.707. The van der Waals surface area contributed by atoms with Crippen LogP contribution in [0.15, 0.2) is 54.6 Å². The van der Waals surface area contributed by atoms with Crippen LogP contribution >= 0.6 is 0 Å². The van der Waals surface area contributed by atoms with Gasteiger partial charge in [-0.15, -0.1) is 0 Å². The number of nitrogens with one attached hydrogen (secondary N) is 2. The lowest BCUT2D eigenvalue weighted by molar-refractivity contribution is -0.136. The molecule has 0 spiro atoms. The van der Waals surface area contributed by atoms with E-state index in [9.17, 15) is 14.7 Å². The van der Waals surface area contributed by atoms with Crippen LogP contribution in [0.2, 0.25) is 0 Å². The van der Waals surface area contributed by atoms with Crippen molar-refractivity contribution in [1.29, 1.82) is 0 Å². The maximum atomic E-state index is 11.9. The summed E-state index contributed by atoms with van der Waals surface area (Å²) in [5.74, 6) is -1.51. The number of rotatable bonds is 6. The first-order valence-corrected chi connectivity index (χ1v) is 8.28. The third-order valence-corrected chi connectivity index (χ3v) is 3.91. The molecule has 1 atom stereocenters. The molecule has 2 aromatic rings. The van der Waals surface area contributed by atoms with Crippen molar-refractivity contribution in [2.75, 3.05) is 11.9 Å². The summed E-state index contributed by atoms with van der Waals surface area (Å²) in [7, 11) is 0. The van der Waals surface area contributed by atoms with Crippen LogP contribution in [0.5, 0.6) is 0 Å². The molecule has 5 nitrogen and oxygen atoms in total. The smallest absolute Gasteiger partial charge is 0.313 e. The van der Waals surface area contributed by atoms with Crippen molar-refractivity contribution in [1.82, 2.24) is 5.32 Å². The molecule has 2 rings (SSSR count). The van der Waals surface area contributed by atoms with Crippen molar-refractivity contribution in [2.45, 2.75) is 32.3 Å². The Balaban J connectivity index is 1.80. The molecule has 0 heterocycles. The summed E-state index contributed by atoms with van der Waals surface area (Å²) in [5, 5.41) is 15.4. The molecule has 25 heavy (non-hydrogen) atoms. The average molecular weight is 340 g/mol. The van der Waals surface area contributed by atoms with Gasteiger partial charge >= 0.3 is 11.8 Å². The molecule has 0 aromatic heterocycles. The fraction of sp³-hybridized carbons (Fsp3) is 0.300. The maximum Gasteiger partial charge on any atom is 0.313 e. The number of aliphatic hydroxyl groups is 1. The van der Waals surface area contributed by atoms with Crippen molar-refractivity contribution in [3.05, 3.63) is 65.7 Å². The number of anilines is 1. The number of carbonyl (C=O) groups is 2. The van der Waals surface area contributed by atoms with Gasteiger partial charge in [-0.1, -0.05) is 42.5 Å². The lowest BCUT2D eigenvalue weighted by Crippen LogP contribution is -2.44. The Morgan fingerprint density at radius 2 is 1.76 bits per heavy atom. The lowest BCUT2D eigenvalue weighted by Gasteiger charge is -2.23. The first kappa shape index (κ1) is 18.7. The molecule has 3 N–H and O–H groups in total. The highest BCUT2D eigenvalue weighted by molar-refractivity contribution is 6.39. The van der Waals surface area contributed by atoms with E-state index in [0.717, 1.165) is 11.1 Å². The number of aryl methyl sites for hydroxylation is 2. The molecular weight excluding hydrogens is 316 g/mol. The highest BCUT2D eigenvalue weighted by atomic mass is 16.3. The third kappa shape index (κ3) is 6.39. The molecule has 2 amide bonds. The van der Waals surface area contributed by atoms with Crippen LogP contribution in [0.25, 0.3) is 0 Å². The minimum atomic E-state index is -1.09. The summed E-state index contributed by atoms with van der Waals surface area (Å²) >= 11 is 0. The zero-order valence-corrected chi connectivity index (χ0v) is 14.6. The van der Waals surface area contributed by atoms with E-state index in [1.165, 1.54) is 0 Å². The lowest BCUT2D eigenvalue weighted by atomic mass is 9.97. The number of hydrogen-bond donors (Lipinski definition) is 3. The van der Waals surface area contributed by atoms with Gasteiger partial charge in [0.05, 0.1) is 5.60 Å². The standard InChI is InChI=1S/C20H24N2O3/c1-15-7-6-10-17(13-15)22-19(24)18(23)21-14-20(2,25)12-11-16-8-4-3-5-9-16/h3-10,13,25H,11-12,14H2,1-2H3,(H,21,23)(H,22,24). The van der Waals surface area contributed by atoms with E-state index in [1.807, 2.05) is 43.3 Å². The van der Waals surface area contributed by atoms with Gasteiger partial charge in [0.15, 0.2) is 0 Å². The summed E-state index contributed by atoms with van der Waals surface area (Å²) in [6.07, 6.45) is 1.18. The molecule has 5 heteroatoms. The van der Waals surface area contributed by atoms with Gasteiger partial charge in [0.2, 0.25) is 0 Å². The second kappa shape index (κ2) is 8.44. The van der Waals surface area contributed by atoms with Crippen molar-refractivity contribution in [2.24, 2.45) is 0 Å². The minimum absolute atomic E-state index is 0.0138. The molecule has 0 aliphatic rings. The molecule has 0 bridgehead atoms. The van der Waals surface area contributed by atoms with E-state index in [4.69, 9.17) is 0 Å². The predicted molar refractivity (Wildman–Crippen MR) is 98.2 cm³/mol. The number of carbonyl (C=O) groups excluding carboxylic acids is 2. The summed E-state index contributed by atoms with van der Waals surface area (Å²) in [4.78, 5) is 23.8. The molecular formula is C20H24N2O3. The van der Waals surface area contributed by atoms with Crippen LogP contribution in [0.4, 0.5) is 5.69 Å². The molecule has 0 saturated carbocycles. The summed E-state index contributed by atoms with van der Waals surface area (Å²) in [6.45, 7) is 3.56.